The van der Waals surface area contributed by atoms with Gasteiger partial charge in [0.1, 0.15) is 0 Å². The molecule has 1 heterocycles. The Morgan fingerprint density at radius 1 is 1.55 bits per heavy atom. The number of hydrogen-bond donors (Lipinski definition) is 2. The molecule has 1 amide bonds. The molecular weight excluding hydrogens is 160 g/mol. The Balaban J connectivity index is 2.22. The van der Waals surface area contributed by atoms with Gasteiger partial charge in [0.15, 0.2) is 0 Å². The number of thiol groups is 1. The lowest BCUT2D eigenvalue weighted by molar-refractivity contribution is 0.227. The van der Waals surface area contributed by atoms with Gasteiger partial charge < -0.3 is 10.2 Å². The predicted molar refractivity (Wildman–Crippen MR) is 48.0 cm³/mol. The molecule has 1 N–H and O–H groups in total. The molecule has 11 heavy (non-hydrogen) atoms. The SMILES string of the molecule is CN1CCC(NC(=O)S)CC1. The fraction of sp³-hybridized carbons (Fsp3) is 0.857. The number of carbonyl (C=O) groups is 1. The topological polar surface area (TPSA) is 32.3 Å². The summed E-state index contributed by atoms with van der Waals surface area (Å²) < 4.78 is 0. The van der Waals surface area contributed by atoms with Gasteiger partial charge in [0, 0.05) is 6.04 Å². The fourth-order valence-corrected chi connectivity index (χ4v) is 1.51. The zero-order chi connectivity index (χ0) is 8.27. The van der Waals surface area contributed by atoms with Crippen molar-refractivity contribution in [2.75, 3.05) is 20.1 Å². The number of likely N-dealkylation sites (tertiary alicyclic amines) is 1. The molecule has 4 heteroatoms. The van der Waals surface area contributed by atoms with Crippen LogP contribution in [-0.2, 0) is 0 Å². The van der Waals surface area contributed by atoms with Gasteiger partial charge in [-0.2, -0.15) is 0 Å². The van der Waals surface area contributed by atoms with Gasteiger partial charge in [-0.1, -0.05) is 12.6 Å². The van der Waals surface area contributed by atoms with Crippen LogP contribution >= 0.6 is 12.6 Å². The highest BCUT2D eigenvalue weighted by atomic mass is 32.1. The molecule has 64 valence electrons. The van der Waals surface area contributed by atoms with Gasteiger partial charge in [0.25, 0.3) is 5.24 Å². The fourth-order valence-electron chi connectivity index (χ4n) is 1.33. The highest BCUT2D eigenvalue weighted by Crippen LogP contribution is 2.08. The van der Waals surface area contributed by atoms with Gasteiger partial charge >= 0.3 is 0 Å². The van der Waals surface area contributed by atoms with Crippen molar-refractivity contribution in [3.63, 3.8) is 0 Å². The number of piperidine rings is 1. The number of rotatable bonds is 1. The van der Waals surface area contributed by atoms with E-state index in [0.717, 1.165) is 25.9 Å². The van der Waals surface area contributed by atoms with Crippen LogP contribution < -0.4 is 5.32 Å². The molecule has 1 saturated heterocycles. The van der Waals surface area contributed by atoms with E-state index in [2.05, 4.69) is 29.9 Å². The first kappa shape index (κ1) is 8.87. The number of carbonyl (C=O) groups excluding carboxylic acids is 1. The number of nitrogens with zero attached hydrogens (tertiary/aromatic N) is 1. The minimum absolute atomic E-state index is 0.209. The molecule has 0 aromatic carbocycles. The minimum Gasteiger partial charge on any atom is -0.344 e. The Kier molecular flexibility index (Phi) is 3.20. The van der Waals surface area contributed by atoms with E-state index < -0.39 is 0 Å². The standard InChI is InChI=1S/C7H14N2OS/c1-9-4-2-6(3-5-9)8-7(10)11/h6H,2-5H2,1H3,(H2,8,10,11). The molecule has 0 radical (unpaired) electrons. The zero-order valence-corrected chi connectivity index (χ0v) is 7.60. The molecule has 1 aliphatic heterocycles. The lowest BCUT2D eigenvalue weighted by Crippen LogP contribution is -2.41. The Morgan fingerprint density at radius 2 is 2.09 bits per heavy atom. The first-order valence-corrected chi connectivity index (χ1v) is 4.31. The number of nitrogens with one attached hydrogen (secondary N) is 1. The Bertz CT molecular complexity index is 143. The van der Waals surface area contributed by atoms with Crippen LogP contribution in [0.15, 0.2) is 0 Å². The van der Waals surface area contributed by atoms with Gasteiger partial charge in [0.2, 0.25) is 0 Å². The van der Waals surface area contributed by atoms with Crippen LogP contribution in [-0.4, -0.2) is 36.3 Å². The Hall–Kier alpha value is -0.220. The van der Waals surface area contributed by atoms with Crippen LogP contribution in [0.3, 0.4) is 0 Å². The maximum atomic E-state index is 10.5. The van der Waals surface area contributed by atoms with Crippen LogP contribution in [0.25, 0.3) is 0 Å². The van der Waals surface area contributed by atoms with Crippen LogP contribution in [0.1, 0.15) is 12.8 Å². The van der Waals surface area contributed by atoms with Gasteiger partial charge in [-0.3, -0.25) is 4.79 Å². The third kappa shape index (κ3) is 3.12. The van der Waals surface area contributed by atoms with Crippen molar-refractivity contribution >= 4 is 17.9 Å². The number of hydrogen-bond acceptors (Lipinski definition) is 2. The average molecular weight is 174 g/mol. The maximum absolute atomic E-state index is 10.5. The van der Waals surface area contributed by atoms with E-state index in [-0.39, 0.29) is 5.24 Å². The average Bonchev–Trinajstić information content (AvgIpc) is 1.93. The summed E-state index contributed by atoms with van der Waals surface area (Å²) in [7, 11) is 2.10. The number of amides is 1. The van der Waals surface area contributed by atoms with Crippen molar-refractivity contribution in [2.45, 2.75) is 18.9 Å². The lowest BCUT2D eigenvalue weighted by atomic mass is 10.1. The van der Waals surface area contributed by atoms with E-state index in [1.165, 1.54) is 0 Å². The summed E-state index contributed by atoms with van der Waals surface area (Å²) in [5, 5.41) is 2.59. The molecule has 0 spiro atoms. The third-order valence-corrected chi connectivity index (χ3v) is 2.18. The summed E-state index contributed by atoms with van der Waals surface area (Å²) in [6.45, 7) is 2.14. The molecule has 0 aromatic heterocycles. The molecule has 0 aliphatic carbocycles. The smallest absolute Gasteiger partial charge is 0.276 e. The van der Waals surface area contributed by atoms with E-state index in [4.69, 9.17) is 0 Å². The van der Waals surface area contributed by atoms with Crippen LogP contribution in [0, 0.1) is 0 Å². The largest absolute Gasteiger partial charge is 0.344 e. The second-order valence-corrected chi connectivity index (χ2v) is 3.43. The van der Waals surface area contributed by atoms with Crippen molar-refractivity contribution in [2.24, 2.45) is 0 Å². The van der Waals surface area contributed by atoms with Gasteiger partial charge in [-0.05, 0) is 33.0 Å². The van der Waals surface area contributed by atoms with Gasteiger partial charge in [0.05, 0.1) is 0 Å². The summed E-state index contributed by atoms with van der Waals surface area (Å²) in [6, 6.07) is 0.344. The van der Waals surface area contributed by atoms with Crippen molar-refractivity contribution in [1.29, 1.82) is 0 Å². The van der Waals surface area contributed by atoms with Gasteiger partial charge in [-0.15, -0.1) is 0 Å². The normalized spacial score (nSPS) is 21.6. The Labute approximate surface area is 72.5 Å². The third-order valence-electron chi connectivity index (χ3n) is 2.05. The molecule has 0 unspecified atom stereocenters. The zero-order valence-electron chi connectivity index (χ0n) is 6.71. The van der Waals surface area contributed by atoms with Crippen LogP contribution in [0.4, 0.5) is 4.79 Å². The summed E-state index contributed by atoms with van der Waals surface area (Å²) in [4.78, 5) is 12.8. The molecule has 1 aliphatic rings. The summed E-state index contributed by atoms with van der Waals surface area (Å²) >= 11 is 3.67. The molecule has 0 atom stereocenters. The molecule has 0 aromatic rings. The lowest BCUT2D eigenvalue weighted by Gasteiger charge is -2.28. The predicted octanol–water partition coefficient (Wildman–Crippen LogP) is 0.720. The summed E-state index contributed by atoms with van der Waals surface area (Å²) in [6.07, 6.45) is 2.09. The monoisotopic (exact) mass is 174 g/mol. The quantitative estimate of drug-likeness (QED) is 0.574. The maximum Gasteiger partial charge on any atom is 0.276 e. The first-order valence-electron chi connectivity index (χ1n) is 3.86. The molecule has 1 rings (SSSR count). The second kappa shape index (κ2) is 3.97. The minimum atomic E-state index is -0.209. The summed E-state index contributed by atoms with van der Waals surface area (Å²) in [5.41, 5.74) is 0. The van der Waals surface area contributed by atoms with Crippen LogP contribution in [0.5, 0.6) is 0 Å². The highest BCUT2D eigenvalue weighted by Gasteiger charge is 2.16. The molecule has 0 bridgehead atoms. The van der Waals surface area contributed by atoms with Crippen molar-refractivity contribution < 1.29 is 4.79 Å². The Morgan fingerprint density at radius 3 is 2.55 bits per heavy atom. The molecular formula is C7H14N2OS. The first-order chi connectivity index (χ1) is 5.18. The van der Waals surface area contributed by atoms with Crippen molar-refractivity contribution in [3.8, 4) is 0 Å². The van der Waals surface area contributed by atoms with Crippen molar-refractivity contribution in [3.05, 3.63) is 0 Å². The summed E-state index contributed by atoms with van der Waals surface area (Å²) in [5.74, 6) is 0. The van der Waals surface area contributed by atoms with Gasteiger partial charge in [-0.25, -0.2) is 0 Å². The molecule has 1 fully saturated rings. The van der Waals surface area contributed by atoms with Crippen molar-refractivity contribution in [1.82, 2.24) is 10.2 Å². The van der Waals surface area contributed by atoms with Crippen LogP contribution in [0.2, 0.25) is 0 Å². The van der Waals surface area contributed by atoms with E-state index in [1.807, 2.05) is 0 Å². The molecule has 0 saturated carbocycles. The van der Waals surface area contributed by atoms with E-state index in [0.29, 0.717) is 6.04 Å². The molecule has 3 nitrogen and oxygen atoms in total. The van der Waals surface area contributed by atoms with E-state index in [1.54, 1.807) is 0 Å². The van der Waals surface area contributed by atoms with E-state index >= 15 is 0 Å². The second-order valence-electron chi connectivity index (χ2n) is 3.03. The highest BCUT2D eigenvalue weighted by molar-refractivity contribution is 7.96. The van der Waals surface area contributed by atoms with E-state index in [9.17, 15) is 4.79 Å².